The minimum absolute atomic E-state index is 0.0269. The van der Waals surface area contributed by atoms with Crippen LogP contribution in [0.5, 0.6) is 0 Å². The second-order valence-electron chi connectivity index (χ2n) is 17.7. The number of amides is 1. The third-order valence-electron chi connectivity index (χ3n) is 11.2. The lowest BCUT2D eigenvalue weighted by Gasteiger charge is -2.44. The Hall–Kier alpha value is -1.88. The summed E-state index contributed by atoms with van der Waals surface area (Å²) in [5.74, 6) is -0.168. The summed E-state index contributed by atoms with van der Waals surface area (Å²) < 4.78 is 44.3. The zero-order chi connectivity index (χ0) is 35.5. The van der Waals surface area contributed by atoms with Crippen molar-refractivity contribution in [1.29, 1.82) is 0 Å². The summed E-state index contributed by atoms with van der Waals surface area (Å²) in [5.41, 5.74) is 0.711. The Morgan fingerprint density at radius 1 is 0.894 bits per heavy atom. The Balaban J connectivity index is 1.79. The van der Waals surface area contributed by atoms with Crippen LogP contribution in [0.3, 0.4) is 0 Å². The first kappa shape index (κ1) is 37.9. The molecule has 1 saturated heterocycles. The summed E-state index contributed by atoms with van der Waals surface area (Å²) in [5, 5.41) is 3.30. The van der Waals surface area contributed by atoms with Gasteiger partial charge >= 0.3 is 0 Å². The van der Waals surface area contributed by atoms with Gasteiger partial charge in [-0.3, -0.25) is 14.3 Å². The normalized spacial score (nSPS) is 23.2. The van der Waals surface area contributed by atoms with Crippen LogP contribution in [0.4, 0.5) is 15.9 Å². The van der Waals surface area contributed by atoms with Crippen molar-refractivity contribution in [2.75, 3.05) is 23.5 Å². The molecule has 0 saturated carbocycles. The van der Waals surface area contributed by atoms with Crippen molar-refractivity contribution in [2.45, 2.75) is 141 Å². The van der Waals surface area contributed by atoms with Crippen LogP contribution in [-0.2, 0) is 18.0 Å². The molecule has 0 radical (unpaired) electrons. The first-order chi connectivity index (χ1) is 21.3. The highest BCUT2D eigenvalue weighted by atomic mass is 28.4. The van der Waals surface area contributed by atoms with Gasteiger partial charge in [0.2, 0.25) is 0 Å². The quantitative estimate of drug-likeness (QED) is 0.261. The van der Waals surface area contributed by atoms with Crippen molar-refractivity contribution in [3.63, 3.8) is 0 Å². The molecule has 2 aliphatic rings. The van der Waals surface area contributed by atoms with Crippen molar-refractivity contribution in [1.82, 2.24) is 9.55 Å². The summed E-state index contributed by atoms with van der Waals surface area (Å²) in [6.07, 6.45) is -0.253. The molecule has 0 unspecified atom stereocenters. The number of hydrogen-bond donors (Lipinski definition) is 1. The van der Waals surface area contributed by atoms with E-state index in [9.17, 15) is 9.18 Å². The lowest BCUT2D eigenvalue weighted by atomic mass is 10.1. The van der Waals surface area contributed by atoms with E-state index in [0.29, 0.717) is 18.1 Å². The average Bonchev–Trinajstić information content (AvgIpc) is 3.47. The molecule has 1 amide bonds. The lowest BCUT2D eigenvalue weighted by molar-refractivity contribution is -0.0478. The zero-order valence-corrected chi connectivity index (χ0v) is 34.4. The number of anilines is 2. The van der Waals surface area contributed by atoms with Crippen molar-refractivity contribution in [3.05, 3.63) is 42.1 Å². The van der Waals surface area contributed by atoms with Crippen LogP contribution in [-0.4, -0.2) is 72.0 Å². The fourth-order valence-corrected chi connectivity index (χ4v) is 8.58. The maximum atomic E-state index is 14.1. The first-order valence-electron chi connectivity index (χ1n) is 16.8. The van der Waals surface area contributed by atoms with Gasteiger partial charge in [-0.05, 0) is 72.6 Å². The fourth-order valence-electron chi connectivity index (χ4n) is 4.97. The minimum Gasteiger partial charge on any atom is -0.414 e. The van der Waals surface area contributed by atoms with Crippen LogP contribution < -0.4 is 10.2 Å². The number of carbonyl (C=O) groups is 1. The monoisotopic (exact) mass is 706 g/mol. The largest absolute Gasteiger partial charge is 0.414 e. The summed E-state index contributed by atoms with van der Waals surface area (Å²) in [4.78, 5) is 19.8. The Morgan fingerprint density at radius 3 is 1.98 bits per heavy atom. The number of ether oxygens (including phenoxy) is 1. The van der Waals surface area contributed by atoms with Crippen LogP contribution in [0.2, 0.25) is 54.4 Å². The van der Waals surface area contributed by atoms with Gasteiger partial charge in [-0.2, -0.15) is 0 Å². The number of fused-ring (bicyclic) bond motifs is 1. The molecule has 0 aliphatic carbocycles. The number of halogens is 1. The summed E-state index contributed by atoms with van der Waals surface area (Å²) >= 11 is 0. The van der Waals surface area contributed by atoms with E-state index in [2.05, 4.69) is 112 Å². The summed E-state index contributed by atoms with van der Waals surface area (Å²) in [7, 11) is -6.80. The smallest absolute Gasteiger partial charge is 0.282 e. The molecular formula is C34H59FN4O5Si3. The molecule has 0 bridgehead atoms. The average molecular weight is 707 g/mol. The molecule has 13 heteroatoms. The SMILES string of the molecule is CC(C)(C)[Si](C)(C)OC[C@H]1O[C@@H](n2cnc3c2NCN(c2cccc(F)c2)C3=O)[C@H](O[Si](C)(C)C(C)(C)C)[C@@H]1O[Si](C)(C)C(C)(C)C. The van der Waals surface area contributed by atoms with E-state index < -0.39 is 55.3 Å². The Morgan fingerprint density at radius 2 is 1.45 bits per heavy atom. The first-order valence-corrected chi connectivity index (χ1v) is 25.5. The topological polar surface area (TPSA) is 87.1 Å². The standard InChI is InChI=1S/C34H59FN4O5Si3/c1-32(2,3)45(10,11)41-20-25-27(43-46(12,13)33(4,5)6)28(44-47(14,15)34(7,8)9)31(42-25)39-21-36-26-29(39)37-22-38(30(26)40)24-18-16-17-23(35)19-24/h16-19,21,25,27-28,31,37H,20,22H2,1-15H3/t25-,27-,28-,31-/m1/s1. The van der Waals surface area contributed by atoms with E-state index in [0.717, 1.165) is 0 Å². The molecule has 47 heavy (non-hydrogen) atoms. The molecule has 4 rings (SSSR count). The minimum atomic E-state index is -2.36. The van der Waals surface area contributed by atoms with Gasteiger partial charge in [-0.1, -0.05) is 68.4 Å². The number of nitrogens with one attached hydrogen (secondary N) is 1. The molecule has 1 aromatic carbocycles. The molecule has 2 aromatic rings. The number of imidazole rings is 1. The molecule has 264 valence electrons. The van der Waals surface area contributed by atoms with Gasteiger partial charge in [0.1, 0.15) is 29.9 Å². The summed E-state index contributed by atoms with van der Waals surface area (Å²) in [6, 6.07) is 6.01. The number of rotatable bonds is 9. The van der Waals surface area contributed by atoms with Crippen molar-refractivity contribution in [3.8, 4) is 0 Å². The van der Waals surface area contributed by atoms with Crippen LogP contribution in [0.25, 0.3) is 0 Å². The van der Waals surface area contributed by atoms with Gasteiger partial charge < -0.3 is 23.3 Å². The predicted molar refractivity (Wildman–Crippen MR) is 195 cm³/mol. The number of nitrogens with zero attached hydrogens (tertiary/aromatic N) is 3. The van der Waals surface area contributed by atoms with Gasteiger partial charge in [0, 0.05) is 5.69 Å². The molecule has 9 nitrogen and oxygen atoms in total. The molecule has 3 heterocycles. The summed E-state index contributed by atoms with van der Waals surface area (Å²) in [6.45, 7) is 34.1. The Bertz CT molecular complexity index is 1440. The highest BCUT2D eigenvalue weighted by Crippen LogP contribution is 2.47. The highest BCUT2D eigenvalue weighted by Gasteiger charge is 2.55. The van der Waals surface area contributed by atoms with Gasteiger partial charge in [0.05, 0.1) is 19.6 Å². The molecule has 2 aliphatic heterocycles. The van der Waals surface area contributed by atoms with E-state index in [1.807, 2.05) is 4.57 Å². The van der Waals surface area contributed by atoms with E-state index >= 15 is 0 Å². The van der Waals surface area contributed by atoms with Gasteiger partial charge in [0.25, 0.3) is 5.91 Å². The fraction of sp³-hybridized carbons (Fsp3) is 0.706. The van der Waals surface area contributed by atoms with Crippen LogP contribution >= 0.6 is 0 Å². The maximum absolute atomic E-state index is 14.1. The number of aromatic nitrogens is 2. The van der Waals surface area contributed by atoms with Crippen molar-refractivity contribution in [2.24, 2.45) is 0 Å². The van der Waals surface area contributed by atoms with E-state index in [-0.39, 0.29) is 33.4 Å². The number of hydrogen-bond acceptors (Lipinski definition) is 7. The molecular weight excluding hydrogens is 648 g/mol. The molecule has 1 N–H and O–H groups in total. The Kier molecular flexibility index (Phi) is 10.3. The maximum Gasteiger partial charge on any atom is 0.282 e. The third-order valence-corrected chi connectivity index (χ3v) is 24.7. The van der Waals surface area contributed by atoms with E-state index in [1.165, 1.54) is 17.0 Å². The van der Waals surface area contributed by atoms with Gasteiger partial charge in [-0.15, -0.1) is 0 Å². The second kappa shape index (κ2) is 12.8. The zero-order valence-electron chi connectivity index (χ0n) is 31.4. The van der Waals surface area contributed by atoms with Crippen molar-refractivity contribution >= 4 is 42.4 Å². The van der Waals surface area contributed by atoms with Crippen LogP contribution in [0.1, 0.15) is 79.0 Å². The van der Waals surface area contributed by atoms with Crippen molar-refractivity contribution < 1.29 is 27.2 Å². The lowest BCUT2D eigenvalue weighted by Crippen LogP contribution is -2.54. The van der Waals surface area contributed by atoms with E-state index in [4.69, 9.17) is 18.0 Å². The third kappa shape index (κ3) is 7.66. The molecule has 4 atom stereocenters. The molecule has 0 spiro atoms. The predicted octanol–water partition coefficient (Wildman–Crippen LogP) is 8.75. The van der Waals surface area contributed by atoms with Crippen LogP contribution in [0.15, 0.2) is 30.6 Å². The Labute approximate surface area is 285 Å². The molecule has 1 fully saturated rings. The second-order valence-corrected chi connectivity index (χ2v) is 32.0. The number of carbonyl (C=O) groups excluding carboxylic acids is 1. The highest BCUT2D eigenvalue weighted by molar-refractivity contribution is 6.75. The van der Waals surface area contributed by atoms with Crippen LogP contribution in [0, 0.1) is 5.82 Å². The number of benzene rings is 1. The van der Waals surface area contributed by atoms with Gasteiger partial charge in [0.15, 0.2) is 36.9 Å². The van der Waals surface area contributed by atoms with Gasteiger partial charge in [-0.25, -0.2) is 9.37 Å². The van der Waals surface area contributed by atoms with E-state index in [1.54, 1.807) is 18.5 Å². The molecule has 1 aromatic heterocycles.